The minimum Gasteiger partial charge on any atom is -0.361 e. The number of ether oxygens (including phenoxy) is 1. The van der Waals surface area contributed by atoms with Gasteiger partial charge in [0.2, 0.25) is 0 Å². The number of carbonyl (C=O) groups excluding carboxylic acids is 3. The number of imide groups is 2. The Morgan fingerprint density at radius 2 is 1.65 bits per heavy atom. The summed E-state index contributed by atoms with van der Waals surface area (Å²) in [5, 5.41) is 8.85. The molecular formula is C28H45N5O4S2Si. The van der Waals surface area contributed by atoms with E-state index >= 15 is 0 Å². The summed E-state index contributed by atoms with van der Waals surface area (Å²) in [5.74, 6) is 3.29. The Morgan fingerprint density at radius 3 is 2.30 bits per heavy atom. The highest BCUT2D eigenvalue weighted by atomic mass is 32.2. The van der Waals surface area contributed by atoms with Gasteiger partial charge < -0.3 is 4.74 Å². The largest absolute Gasteiger partial charge is 0.361 e. The van der Waals surface area contributed by atoms with Crippen molar-refractivity contribution in [3.8, 4) is 0 Å². The fourth-order valence-corrected chi connectivity index (χ4v) is 8.72. The first-order chi connectivity index (χ1) is 19.1. The number of hydrogen-bond acceptors (Lipinski definition) is 8. The van der Waals surface area contributed by atoms with E-state index in [1.165, 1.54) is 9.80 Å². The molecule has 40 heavy (non-hydrogen) atoms. The van der Waals surface area contributed by atoms with Gasteiger partial charge in [0, 0.05) is 33.7 Å². The standard InChI is InChI=1S/C28H45N5O4S2Si/c1-6-7-13-31-25(34)23(27-38-15-8-16-39-27)26(35)32(28(31)36)18-21-9-11-22(12-10-21)24-30-29-20(2)33(24)19-37-14-17-40(3,4)5/h21-22H,6-19H2,1-5H3. The maximum atomic E-state index is 13.6. The highest BCUT2D eigenvalue weighted by Crippen LogP contribution is 2.40. The summed E-state index contributed by atoms with van der Waals surface area (Å²) in [6.45, 7) is 13.0. The molecular weight excluding hydrogens is 563 g/mol. The summed E-state index contributed by atoms with van der Waals surface area (Å²) < 4.78 is 8.90. The quantitative estimate of drug-likeness (QED) is 0.134. The van der Waals surface area contributed by atoms with Gasteiger partial charge in [0.1, 0.15) is 24.0 Å². The lowest BCUT2D eigenvalue weighted by molar-refractivity contribution is -0.136. The van der Waals surface area contributed by atoms with Crippen molar-refractivity contribution >= 4 is 49.4 Å². The number of urea groups is 1. The Bertz CT molecular complexity index is 1100. The lowest BCUT2D eigenvalue weighted by Gasteiger charge is -2.38. The molecule has 0 radical (unpaired) electrons. The Morgan fingerprint density at radius 1 is 0.975 bits per heavy atom. The zero-order valence-electron chi connectivity index (χ0n) is 24.7. The van der Waals surface area contributed by atoms with E-state index in [0.717, 1.165) is 85.0 Å². The summed E-state index contributed by atoms with van der Waals surface area (Å²) in [5.41, 5.74) is 0.205. The summed E-state index contributed by atoms with van der Waals surface area (Å²) in [7, 11) is -1.15. The zero-order chi connectivity index (χ0) is 28.9. The first kappa shape index (κ1) is 31.3. The third-order valence-electron chi connectivity index (χ3n) is 7.91. The first-order valence-corrected chi connectivity index (χ1v) is 20.4. The molecule has 12 heteroatoms. The lowest BCUT2D eigenvalue weighted by atomic mass is 9.81. The van der Waals surface area contributed by atoms with E-state index in [9.17, 15) is 14.4 Å². The molecule has 4 amide bonds. The van der Waals surface area contributed by atoms with Gasteiger partial charge in [-0.05, 0) is 68.9 Å². The maximum absolute atomic E-state index is 13.6. The summed E-state index contributed by atoms with van der Waals surface area (Å²) in [6, 6.07) is 0.673. The number of nitrogens with zero attached hydrogens (tertiary/aromatic N) is 5. The second kappa shape index (κ2) is 14.0. The molecule has 1 aromatic rings. The Labute approximate surface area is 248 Å². The number of carbonyl (C=O) groups is 3. The molecule has 9 nitrogen and oxygen atoms in total. The average Bonchev–Trinajstić information content (AvgIpc) is 3.29. The fourth-order valence-electron chi connectivity index (χ4n) is 5.36. The normalized spacial score (nSPS) is 23.0. The van der Waals surface area contributed by atoms with Crippen LogP contribution in [-0.4, -0.2) is 81.7 Å². The van der Waals surface area contributed by atoms with Crippen LogP contribution in [0.3, 0.4) is 0 Å². The summed E-state index contributed by atoms with van der Waals surface area (Å²) in [4.78, 5) is 43.0. The molecule has 4 rings (SSSR count). The Kier molecular flexibility index (Phi) is 11.0. The molecule has 2 aliphatic heterocycles. The number of thioether (sulfide) groups is 2. The second-order valence-electron chi connectivity index (χ2n) is 12.3. The minimum absolute atomic E-state index is 0.203. The monoisotopic (exact) mass is 607 g/mol. The van der Waals surface area contributed by atoms with Gasteiger partial charge in [-0.1, -0.05) is 33.0 Å². The van der Waals surface area contributed by atoms with E-state index in [2.05, 4.69) is 34.4 Å². The predicted molar refractivity (Wildman–Crippen MR) is 164 cm³/mol. The summed E-state index contributed by atoms with van der Waals surface area (Å²) >= 11 is 3.15. The Balaban J connectivity index is 1.41. The molecule has 0 unspecified atom stereocenters. The van der Waals surface area contributed by atoms with Crippen molar-refractivity contribution in [1.29, 1.82) is 0 Å². The number of rotatable bonds is 11. The van der Waals surface area contributed by atoms with Gasteiger partial charge in [-0.3, -0.25) is 24.0 Å². The number of hydrogen-bond donors (Lipinski definition) is 0. The molecule has 3 aliphatic rings. The number of aryl methyl sites for hydroxylation is 1. The van der Waals surface area contributed by atoms with Crippen molar-refractivity contribution in [3.63, 3.8) is 0 Å². The van der Waals surface area contributed by atoms with Crippen LogP contribution < -0.4 is 0 Å². The lowest BCUT2D eigenvalue weighted by Crippen LogP contribution is -2.57. The van der Waals surface area contributed by atoms with Crippen molar-refractivity contribution < 1.29 is 19.1 Å². The van der Waals surface area contributed by atoms with Crippen LogP contribution in [0.1, 0.15) is 69.4 Å². The van der Waals surface area contributed by atoms with Crippen molar-refractivity contribution in [2.24, 2.45) is 5.92 Å². The van der Waals surface area contributed by atoms with Gasteiger partial charge in [-0.2, -0.15) is 0 Å². The SMILES string of the molecule is CCCCN1C(=O)C(=C2SCCCS2)C(=O)N(CC2CCC(c3nnc(C)n3COCC[Si](C)(C)C)CC2)C1=O. The zero-order valence-corrected chi connectivity index (χ0v) is 27.4. The van der Waals surface area contributed by atoms with Crippen molar-refractivity contribution in [2.75, 3.05) is 31.2 Å². The van der Waals surface area contributed by atoms with E-state index in [4.69, 9.17) is 4.74 Å². The molecule has 0 spiro atoms. The van der Waals surface area contributed by atoms with Crippen LogP contribution in [0.15, 0.2) is 9.81 Å². The van der Waals surface area contributed by atoms with E-state index in [0.29, 0.717) is 19.8 Å². The molecule has 0 bridgehead atoms. The molecule has 0 atom stereocenters. The van der Waals surface area contributed by atoms with E-state index in [1.807, 2.05) is 13.8 Å². The number of amides is 4. The maximum Gasteiger partial charge on any atom is 0.333 e. The topological polar surface area (TPSA) is 97.6 Å². The molecule has 3 heterocycles. The van der Waals surface area contributed by atoms with Gasteiger partial charge in [0.05, 0.1) is 4.24 Å². The Hall–Kier alpha value is -1.63. The number of barbiturate groups is 1. The van der Waals surface area contributed by atoms with Gasteiger partial charge in [-0.15, -0.1) is 33.7 Å². The second-order valence-corrected chi connectivity index (χ2v) is 20.4. The van der Waals surface area contributed by atoms with E-state index in [-0.39, 0.29) is 17.4 Å². The van der Waals surface area contributed by atoms with Crippen molar-refractivity contribution in [3.05, 3.63) is 21.5 Å². The van der Waals surface area contributed by atoms with Crippen LogP contribution in [0.5, 0.6) is 0 Å². The van der Waals surface area contributed by atoms with Gasteiger partial charge >= 0.3 is 6.03 Å². The van der Waals surface area contributed by atoms with Gasteiger partial charge in [0.25, 0.3) is 11.8 Å². The van der Waals surface area contributed by atoms with Crippen LogP contribution in [0.4, 0.5) is 4.79 Å². The molecule has 0 aromatic carbocycles. The minimum atomic E-state index is -1.15. The number of aromatic nitrogens is 3. The summed E-state index contributed by atoms with van der Waals surface area (Å²) in [6.07, 6.45) is 6.29. The molecule has 1 saturated carbocycles. The third-order valence-corrected chi connectivity index (χ3v) is 12.2. The van der Waals surface area contributed by atoms with E-state index < -0.39 is 25.9 Å². The average molecular weight is 608 g/mol. The third kappa shape index (κ3) is 7.60. The molecule has 2 saturated heterocycles. The molecule has 1 aliphatic carbocycles. The highest BCUT2D eigenvalue weighted by Gasteiger charge is 2.44. The highest BCUT2D eigenvalue weighted by molar-refractivity contribution is 8.22. The molecule has 0 N–H and O–H groups in total. The number of unbranched alkanes of at least 4 members (excludes halogenated alkanes) is 1. The van der Waals surface area contributed by atoms with Crippen LogP contribution in [0.25, 0.3) is 0 Å². The smallest absolute Gasteiger partial charge is 0.333 e. The molecule has 1 aromatic heterocycles. The van der Waals surface area contributed by atoms with Crippen LogP contribution in [0, 0.1) is 12.8 Å². The van der Waals surface area contributed by atoms with Crippen LogP contribution >= 0.6 is 23.5 Å². The van der Waals surface area contributed by atoms with E-state index in [1.54, 1.807) is 23.5 Å². The van der Waals surface area contributed by atoms with Crippen LogP contribution in [-0.2, 0) is 21.1 Å². The molecule has 3 fully saturated rings. The van der Waals surface area contributed by atoms with Crippen LogP contribution in [0.2, 0.25) is 25.7 Å². The van der Waals surface area contributed by atoms with Gasteiger partial charge in [-0.25, -0.2) is 4.79 Å². The van der Waals surface area contributed by atoms with Crippen molar-refractivity contribution in [2.45, 2.75) is 97.1 Å². The molecule has 222 valence electrons. The fraction of sp³-hybridized carbons (Fsp3) is 0.750. The van der Waals surface area contributed by atoms with Gasteiger partial charge in [0.15, 0.2) is 0 Å². The first-order valence-electron chi connectivity index (χ1n) is 14.8. The van der Waals surface area contributed by atoms with Crippen molar-refractivity contribution in [1.82, 2.24) is 24.6 Å². The predicted octanol–water partition coefficient (Wildman–Crippen LogP) is 5.85.